The third kappa shape index (κ3) is 3.37. The predicted molar refractivity (Wildman–Crippen MR) is 74.8 cm³/mol. The summed E-state index contributed by atoms with van der Waals surface area (Å²) in [5.74, 6) is 0.169. The first-order valence-electron chi connectivity index (χ1n) is 3.60. The largest absolute Gasteiger partial charge is 0.506 e. The van der Waals surface area contributed by atoms with E-state index < -0.39 is 6.04 Å². The Morgan fingerprint density at radius 2 is 1.93 bits per heavy atom. The zero-order valence-corrected chi connectivity index (χ0v) is 12.2. The van der Waals surface area contributed by atoms with Gasteiger partial charge in [0, 0.05) is 9.13 Å². The summed E-state index contributed by atoms with van der Waals surface area (Å²) in [5.41, 5.74) is 6.21. The second kappa shape index (κ2) is 6.31. The monoisotopic (exact) mass is 441 g/mol. The first-order valence-corrected chi connectivity index (χ1v) is 5.76. The molecular formula is C8H10ClI2NO2. The summed E-state index contributed by atoms with van der Waals surface area (Å²) >= 11 is 4.18. The van der Waals surface area contributed by atoms with Crippen LogP contribution < -0.4 is 5.73 Å². The van der Waals surface area contributed by atoms with E-state index in [0.717, 1.165) is 7.14 Å². The zero-order valence-electron chi connectivity index (χ0n) is 7.08. The molecule has 0 saturated heterocycles. The third-order valence-corrected chi connectivity index (χ3v) is 3.10. The van der Waals surface area contributed by atoms with E-state index in [1.165, 1.54) is 0 Å². The van der Waals surface area contributed by atoms with Crippen LogP contribution in [0.25, 0.3) is 0 Å². The van der Waals surface area contributed by atoms with Crippen LogP contribution in [0, 0.1) is 7.14 Å². The minimum absolute atomic E-state index is 0. The first kappa shape index (κ1) is 14.7. The van der Waals surface area contributed by atoms with Crippen molar-refractivity contribution in [1.82, 2.24) is 0 Å². The number of hydrogen-bond acceptors (Lipinski definition) is 3. The highest BCUT2D eigenvalue weighted by Gasteiger charge is 2.13. The molecule has 4 N–H and O–H groups in total. The molecule has 1 aromatic rings. The topological polar surface area (TPSA) is 66.5 Å². The number of nitrogens with two attached hydrogens (primary N) is 1. The Bertz CT molecular complexity index is 322. The molecule has 1 aromatic carbocycles. The summed E-state index contributed by atoms with van der Waals surface area (Å²) in [6, 6.07) is 3.12. The summed E-state index contributed by atoms with van der Waals surface area (Å²) in [6.45, 7) is -0.163. The average molecular weight is 441 g/mol. The van der Waals surface area contributed by atoms with Crippen LogP contribution in [0.1, 0.15) is 11.6 Å². The number of hydrogen-bond donors (Lipinski definition) is 3. The van der Waals surface area contributed by atoms with E-state index in [9.17, 15) is 5.11 Å². The Morgan fingerprint density at radius 1 is 1.36 bits per heavy atom. The molecule has 80 valence electrons. The molecule has 0 aliphatic rings. The molecule has 0 radical (unpaired) electrons. The molecule has 14 heavy (non-hydrogen) atoms. The third-order valence-electron chi connectivity index (χ3n) is 1.65. The standard InChI is InChI=1S/C8H9I2NO2.ClH/c9-4-1-5(7(11)3-12)8(13)6(10)2-4;/h1-2,7,12-13H,3,11H2;1H/t7-;/m0./s1. The van der Waals surface area contributed by atoms with E-state index in [1.54, 1.807) is 6.07 Å². The second-order valence-electron chi connectivity index (χ2n) is 2.61. The molecule has 0 aliphatic heterocycles. The molecule has 6 heteroatoms. The van der Waals surface area contributed by atoms with Crippen molar-refractivity contribution in [2.75, 3.05) is 6.61 Å². The van der Waals surface area contributed by atoms with Crippen molar-refractivity contribution in [1.29, 1.82) is 0 Å². The maximum absolute atomic E-state index is 9.62. The van der Waals surface area contributed by atoms with Crippen molar-refractivity contribution in [3.8, 4) is 5.75 Å². The van der Waals surface area contributed by atoms with Crippen LogP contribution >= 0.6 is 57.6 Å². The molecule has 0 fully saturated rings. The van der Waals surface area contributed by atoms with Gasteiger partial charge in [0.1, 0.15) is 5.75 Å². The maximum Gasteiger partial charge on any atom is 0.133 e. The fraction of sp³-hybridized carbons (Fsp3) is 0.250. The van der Waals surface area contributed by atoms with E-state index in [4.69, 9.17) is 10.8 Å². The molecule has 0 unspecified atom stereocenters. The van der Waals surface area contributed by atoms with E-state index in [0.29, 0.717) is 5.56 Å². The summed E-state index contributed by atoms with van der Waals surface area (Å²) in [6.07, 6.45) is 0. The maximum atomic E-state index is 9.62. The smallest absolute Gasteiger partial charge is 0.133 e. The average Bonchev–Trinajstić information content (AvgIpc) is 2.10. The lowest BCUT2D eigenvalue weighted by atomic mass is 10.1. The predicted octanol–water partition coefficient (Wildman–Crippen LogP) is 2.02. The first-order chi connectivity index (χ1) is 6.06. The number of phenols is 1. The zero-order chi connectivity index (χ0) is 10.0. The van der Waals surface area contributed by atoms with Crippen LogP contribution in [-0.4, -0.2) is 16.8 Å². The van der Waals surface area contributed by atoms with Gasteiger partial charge in [-0.25, -0.2) is 0 Å². The SMILES string of the molecule is Cl.N[C@@H](CO)c1cc(I)cc(I)c1O. The molecule has 0 amide bonds. The normalized spacial score (nSPS) is 12.0. The van der Waals surface area contributed by atoms with Crippen molar-refractivity contribution in [2.45, 2.75) is 6.04 Å². The molecule has 0 aliphatic carbocycles. The van der Waals surface area contributed by atoms with Gasteiger partial charge in [0.05, 0.1) is 16.2 Å². The van der Waals surface area contributed by atoms with Gasteiger partial charge in [0.2, 0.25) is 0 Å². The fourth-order valence-electron chi connectivity index (χ4n) is 0.967. The van der Waals surface area contributed by atoms with E-state index >= 15 is 0 Å². The number of phenolic OH excluding ortho intramolecular Hbond substituents is 1. The highest BCUT2D eigenvalue weighted by molar-refractivity contribution is 14.1. The van der Waals surface area contributed by atoms with Crippen LogP contribution in [0.15, 0.2) is 12.1 Å². The van der Waals surface area contributed by atoms with Crippen LogP contribution in [0.2, 0.25) is 0 Å². The van der Waals surface area contributed by atoms with Crippen LogP contribution in [0.4, 0.5) is 0 Å². The molecule has 0 aromatic heterocycles. The number of benzene rings is 1. The highest BCUT2D eigenvalue weighted by atomic mass is 127. The van der Waals surface area contributed by atoms with Crippen molar-refractivity contribution >= 4 is 57.6 Å². The molecule has 3 nitrogen and oxygen atoms in total. The van der Waals surface area contributed by atoms with Gasteiger partial charge in [-0.05, 0) is 57.3 Å². The van der Waals surface area contributed by atoms with Gasteiger partial charge in [-0.15, -0.1) is 12.4 Å². The van der Waals surface area contributed by atoms with E-state index in [1.807, 2.05) is 28.7 Å². The van der Waals surface area contributed by atoms with Gasteiger partial charge in [-0.2, -0.15) is 0 Å². The summed E-state index contributed by atoms with van der Waals surface area (Å²) < 4.78 is 1.75. The number of aliphatic hydroxyl groups excluding tert-OH is 1. The number of rotatable bonds is 2. The molecule has 1 rings (SSSR count). The van der Waals surface area contributed by atoms with Crippen molar-refractivity contribution in [3.63, 3.8) is 0 Å². The van der Waals surface area contributed by atoms with Crippen molar-refractivity contribution < 1.29 is 10.2 Å². The Balaban J connectivity index is 0.00000169. The van der Waals surface area contributed by atoms with Gasteiger partial charge < -0.3 is 15.9 Å². The summed E-state index contributed by atoms with van der Waals surface area (Å²) in [5, 5.41) is 18.5. The lowest BCUT2D eigenvalue weighted by molar-refractivity contribution is 0.265. The number of aromatic hydroxyl groups is 1. The lowest BCUT2D eigenvalue weighted by Crippen LogP contribution is -2.15. The van der Waals surface area contributed by atoms with Crippen molar-refractivity contribution in [2.24, 2.45) is 5.73 Å². The lowest BCUT2D eigenvalue weighted by Gasteiger charge is -2.12. The molecular weight excluding hydrogens is 431 g/mol. The Morgan fingerprint density at radius 3 is 2.43 bits per heavy atom. The van der Waals surface area contributed by atoms with E-state index in [2.05, 4.69) is 22.6 Å². The molecule has 1 atom stereocenters. The van der Waals surface area contributed by atoms with Gasteiger partial charge in [0.25, 0.3) is 0 Å². The quantitative estimate of drug-likeness (QED) is 0.616. The Kier molecular flexibility index (Phi) is 6.62. The van der Waals surface area contributed by atoms with Crippen molar-refractivity contribution in [3.05, 3.63) is 24.8 Å². The van der Waals surface area contributed by atoms with Crippen LogP contribution in [0.5, 0.6) is 5.75 Å². The van der Waals surface area contributed by atoms with Crippen LogP contribution in [0.3, 0.4) is 0 Å². The molecule has 0 spiro atoms. The van der Waals surface area contributed by atoms with Gasteiger partial charge in [-0.1, -0.05) is 0 Å². The molecule has 0 heterocycles. The number of halogens is 3. The van der Waals surface area contributed by atoms with E-state index in [-0.39, 0.29) is 24.8 Å². The van der Waals surface area contributed by atoms with Gasteiger partial charge in [-0.3, -0.25) is 0 Å². The van der Waals surface area contributed by atoms with Gasteiger partial charge in [0.15, 0.2) is 0 Å². The summed E-state index contributed by atoms with van der Waals surface area (Å²) in [4.78, 5) is 0. The fourth-order valence-corrected chi connectivity index (χ4v) is 2.86. The second-order valence-corrected chi connectivity index (χ2v) is 5.02. The molecule has 0 saturated carbocycles. The highest BCUT2D eigenvalue weighted by Crippen LogP contribution is 2.30. The summed E-state index contributed by atoms with van der Waals surface area (Å²) in [7, 11) is 0. The van der Waals surface area contributed by atoms with Crippen LogP contribution in [-0.2, 0) is 0 Å². The Hall–Kier alpha value is 0.690. The minimum Gasteiger partial charge on any atom is -0.506 e. The number of aliphatic hydroxyl groups is 1. The minimum atomic E-state index is -0.511. The molecule has 0 bridgehead atoms. The van der Waals surface area contributed by atoms with Gasteiger partial charge >= 0.3 is 0 Å². The Labute approximate surface area is 116 Å².